The molecule has 0 aliphatic carbocycles. The second-order valence-electron chi connectivity index (χ2n) is 5.38. The number of para-hydroxylation sites is 1. The van der Waals surface area contributed by atoms with Gasteiger partial charge >= 0.3 is 0 Å². The fourth-order valence-electron chi connectivity index (χ4n) is 2.39. The summed E-state index contributed by atoms with van der Waals surface area (Å²) in [7, 11) is 0. The van der Waals surface area contributed by atoms with Crippen LogP contribution in [0.1, 0.15) is 28.4 Å². The number of nitrogens with one attached hydrogen (secondary N) is 1. The predicted octanol–water partition coefficient (Wildman–Crippen LogP) is 1.66. The first kappa shape index (κ1) is 15.1. The zero-order valence-electron chi connectivity index (χ0n) is 13.2. The Morgan fingerprint density at radius 3 is 2.70 bits per heavy atom. The van der Waals surface area contributed by atoms with E-state index >= 15 is 0 Å². The number of hydrogen-bond donors (Lipinski definition) is 1. The van der Waals surface area contributed by atoms with Gasteiger partial charge in [0.15, 0.2) is 0 Å². The molecule has 3 rings (SSSR count). The number of nitrogens with zero attached hydrogens (tertiary/aromatic N) is 5. The summed E-state index contributed by atoms with van der Waals surface area (Å²) < 4.78 is 1.94. The Labute approximate surface area is 133 Å². The summed E-state index contributed by atoms with van der Waals surface area (Å²) in [5, 5.41) is 15.1. The van der Waals surface area contributed by atoms with Crippen LogP contribution in [0, 0.1) is 13.8 Å². The molecule has 0 saturated heterocycles. The smallest absolute Gasteiger partial charge is 0.291 e. The fraction of sp³-hybridized carbons (Fsp3) is 0.312. The van der Waals surface area contributed by atoms with Crippen molar-refractivity contribution in [3.63, 3.8) is 0 Å². The lowest BCUT2D eigenvalue weighted by molar-refractivity contribution is 0.0941. The van der Waals surface area contributed by atoms with Crippen LogP contribution >= 0.6 is 0 Å². The molecule has 0 radical (unpaired) electrons. The van der Waals surface area contributed by atoms with Crippen molar-refractivity contribution in [1.29, 1.82) is 0 Å². The highest BCUT2D eigenvalue weighted by Gasteiger charge is 2.10. The molecule has 0 fully saturated rings. The molecule has 0 aliphatic heterocycles. The second kappa shape index (κ2) is 6.51. The van der Waals surface area contributed by atoms with E-state index in [9.17, 15) is 4.79 Å². The highest BCUT2D eigenvalue weighted by Crippen LogP contribution is 2.06. The van der Waals surface area contributed by atoms with Gasteiger partial charge in [-0.3, -0.25) is 9.48 Å². The molecule has 2 heterocycles. The standard InChI is InChI=1S/C16H18N6O/c1-11-10-12(2)22(21-11)9-5-8-17-16(23)15-18-13-6-3-4-7-14(13)19-20-15/h3-4,6-7,10H,5,8-9H2,1-2H3,(H,17,23). The van der Waals surface area contributed by atoms with Gasteiger partial charge in [-0.2, -0.15) is 5.10 Å². The Balaban J connectivity index is 1.55. The number of carbonyl (C=O) groups is 1. The number of hydrogen-bond acceptors (Lipinski definition) is 5. The molecule has 0 bridgehead atoms. The lowest BCUT2D eigenvalue weighted by Gasteiger charge is -2.06. The average molecular weight is 310 g/mol. The van der Waals surface area contributed by atoms with Crippen molar-refractivity contribution in [2.24, 2.45) is 0 Å². The van der Waals surface area contributed by atoms with Crippen LogP contribution in [0.5, 0.6) is 0 Å². The van der Waals surface area contributed by atoms with E-state index in [0.29, 0.717) is 17.6 Å². The van der Waals surface area contributed by atoms with Crippen LogP contribution in [0.25, 0.3) is 11.0 Å². The number of rotatable bonds is 5. The summed E-state index contributed by atoms with van der Waals surface area (Å²) in [6.45, 7) is 5.28. The largest absolute Gasteiger partial charge is 0.349 e. The van der Waals surface area contributed by atoms with E-state index in [4.69, 9.17) is 0 Å². The van der Waals surface area contributed by atoms with E-state index in [-0.39, 0.29) is 11.7 Å². The van der Waals surface area contributed by atoms with Gasteiger partial charge in [-0.15, -0.1) is 10.2 Å². The van der Waals surface area contributed by atoms with Gasteiger partial charge in [0, 0.05) is 18.8 Å². The third kappa shape index (κ3) is 3.50. The van der Waals surface area contributed by atoms with Gasteiger partial charge in [0.25, 0.3) is 5.91 Å². The van der Waals surface area contributed by atoms with Crippen molar-refractivity contribution in [1.82, 2.24) is 30.3 Å². The van der Waals surface area contributed by atoms with Crippen LogP contribution in [0.4, 0.5) is 0 Å². The number of aryl methyl sites for hydroxylation is 3. The van der Waals surface area contributed by atoms with E-state index in [1.165, 1.54) is 0 Å². The van der Waals surface area contributed by atoms with Crippen LogP contribution in [-0.2, 0) is 6.54 Å². The monoisotopic (exact) mass is 310 g/mol. The van der Waals surface area contributed by atoms with Crippen molar-refractivity contribution >= 4 is 16.9 Å². The van der Waals surface area contributed by atoms with E-state index < -0.39 is 0 Å². The number of fused-ring (bicyclic) bond motifs is 1. The van der Waals surface area contributed by atoms with E-state index in [1.807, 2.05) is 48.9 Å². The molecular weight excluding hydrogens is 292 g/mol. The number of carbonyl (C=O) groups excluding carboxylic acids is 1. The molecule has 3 aromatic rings. The molecular formula is C16H18N6O. The molecule has 7 nitrogen and oxygen atoms in total. The van der Waals surface area contributed by atoms with Crippen molar-refractivity contribution in [2.75, 3.05) is 6.54 Å². The van der Waals surface area contributed by atoms with E-state index in [2.05, 4.69) is 25.6 Å². The van der Waals surface area contributed by atoms with Crippen LogP contribution in [0.15, 0.2) is 30.3 Å². The first-order valence-electron chi connectivity index (χ1n) is 7.52. The number of amides is 1. The van der Waals surface area contributed by atoms with Gasteiger partial charge in [0.1, 0.15) is 5.52 Å². The highest BCUT2D eigenvalue weighted by atomic mass is 16.2. The maximum absolute atomic E-state index is 12.1. The van der Waals surface area contributed by atoms with Crippen LogP contribution < -0.4 is 5.32 Å². The lowest BCUT2D eigenvalue weighted by Crippen LogP contribution is -2.27. The molecule has 0 saturated carbocycles. The molecule has 2 aromatic heterocycles. The maximum atomic E-state index is 12.1. The van der Waals surface area contributed by atoms with Crippen molar-refractivity contribution in [2.45, 2.75) is 26.8 Å². The molecule has 23 heavy (non-hydrogen) atoms. The minimum Gasteiger partial charge on any atom is -0.349 e. The van der Waals surface area contributed by atoms with Gasteiger partial charge in [0.05, 0.1) is 11.2 Å². The summed E-state index contributed by atoms with van der Waals surface area (Å²) in [6, 6.07) is 9.37. The van der Waals surface area contributed by atoms with Crippen molar-refractivity contribution in [3.8, 4) is 0 Å². The van der Waals surface area contributed by atoms with Crippen LogP contribution in [-0.4, -0.2) is 37.4 Å². The number of aromatic nitrogens is 5. The molecule has 1 aromatic carbocycles. The Bertz CT molecular complexity index is 841. The fourth-order valence-corrected chi connectivity index (χ4v) is 2.39. The SMILES string of the molecule is Cc1cc(C)n(CCCNC(=O)c2nnc3ccccc3n2)n1. The van der Waals surface area contributed by atoms with Crippen LogP contribution in [0.3, 0.4) is 0 Å². The average Bonchev–Trinajstić information content (AvgIpc) is 2.88. The van der Waals surface area contributed by atoms with Gasteiger partial charge < -0.3 is 5.32 Å². The zero-order valence-corrected chi connectivity index (χ0v) is 13.2. The summed E-state index contributed by atoms with van der Waals surface area (Å²) in [5.74, 6) is -0.216. The summed E-state index contributed by atoms with van der Waals surface area (Å²) >= 11 is 0. The third-order valence-corrected chi connectivity index (χ3v) is 3.50. The van der Waals surface area contributed by atoms with E-state index in [0.717, 1.165) is 24.4 Å². The Morgan fingerprint density at radius 2 is 1.96 bits per heavy atom. The lowest BCUT2D eigenvalue weighted by atomic mass is 10.3. The minimum atomic E-state index is -0.309. The molecule has 0 spiro atoms. The molecule has 0 unspecified atom stereocenters. The van der Waals surface area contributed by atoms with Crippen LogP contribution in [0.2, 0.25) is 0 Å². The first-order valence-corrected chi connectivity index (χ1v) is 7.52. The molecule has 7 heteroatoms. The normalized spacial score (nSPS) is 10.9. The molecule has 1 amide bonds. The summed E-state index contributed by atoms with van der Waals surface area (Å²) in [6.07, 6.45) is 0.786. The predicted molar refractivity (Wildman–Crippen MR) is 86.0 cm³/mol. The molecule has 0 aliphatic rings. The Morgan fingerprint density at radius 1 is 1.17 bits per heavy atom. The van der Waals surface area contributed by atoms with Gasteiger partial charge in [0.2, 0.25) is 5.82 Å². The Hall–Kier alpha value is -2.83. The molecule has 118 valence electrons. The van der Waals surface area contributed by atoms with Gasteiger partial charge in [-0.05, 0) is 38.5 Å². The van der Waals surface area contributed by atoms with E-state index in [1.54, 1.807) is 0 Å². The zero-order chi connectivity index (χ0) is 16.2. The van der Waals surface area contributed by atoms with Crippen molar-refractivity contribution in [3.05, 3.63) is 47.5 Å². The molecule has 0 atom stereocenters. The summed E-state index contributed by atoms with van der Waals surface area (Å²) in [4.78, 5) is 16.3. The second-order valence-corrected chi connectivity index (χ2v) is 5.38. The highest BCUT2D eigenvalue weighted by molar-refractivity contribution is 5.91. The first-order chi connectivity index (χ1) is 11.1. The number of benzene rings is 1. The quantitative estimate of drug-likeness (QED) is 0.724. The molecule has 1 N–H and O–H groups in total. The minimum absolute atomic E-state index is 0.0924. The maximum Gasteiger partial charge on any atom is 0.291 e. The van der Waals surface area contributed by atoms with Gasteiger partial charge in [-0.1, -0.05) is 12.1 Å². The summed E-state index contributed by atoms with van der Waals surface area (Å²) in [5.41, 5.74) is 3.46. The third-order valence-electron chi connectivity index (χ3n) is 3.50. The van der Waals surface area contributed by atoms with Gasteiger partial charge in [-0.25, -0.2) is 4.98 Å². The Kier molecular flexibility index (Phi) is 4.27. The topological polar surface area (TPSA) is 85.6 Å². The van der Waals surface area contributed by atoms with Crippen molar-refractivity contribution < 1.29 is 4.79 Å².